The maximum Gasteiger partial charge on any atom is 0.188 e. The van der Waals surface area contributed by atoms with Crippen LogP contribution in [0.5, 0.6) is 0 Å². The topological polar surface area (TPSA) is 46.3 Å². The first-order chi connectivity index (χ1) is 6.16. The summed E-state index contributed by atoms with van der Waals surface area (Å²) < 4.78 is 0. The molecule has 0 heterocycles. The van der Waals surface area contributed by atoms with Crippen LogP contribution in [0.1, 0.15) is 19.3 Å². The van der Waals surface area contributed by atoms with Gasteiger partial charge < -0.3 is 10.6 Å². The van der Waals surface area contributed by atoms with Crippen LogP contribution in [0.15, 0.2) is 0 Å². The predicted molar refractivity (Wildman–Crippen MR) is 58.9 cm³/mol. The van der Waals surface area contributed by atoms with Crippen molar-refractivity contribution in [3.8, 4) is 0 Å². The Balaban J connectivity index is 3.20. The highest BCUT2D eigenvalue weighted by molar-refractivity contribution is 8.13. The second-order valence-electron chi connectivity index (χ2n) is 3.27. The van der Waals surface area contributed by atoms with Gasteiger partial charge in [0.25, 0.3) is 0 Å². The van der Waals surface area contributed by atoms with Gasteiger partial charge in [-0.2, -0.15) is 0 Å². The molecule has 0 unspecified atom stereocenters. The molecule has 4 heteroatoms. The van der Waals surface area contributed by atoms with E-state index in [9.17, 15) is 4.79 Å². The number of nitrogens with zero attached hydrogens (tertiary/aromatic N) is 1. The minimum Gasteiger partial charge on any atom is -0.330 e. The molecule has 3 nitrogen and oxygen atoms in total. The highest BCUT2D eigenvalue weighted by Gasteiger charge is 2.01. The molecule has 0 aromatic rings. The standard InChI is InChI=1S/C9H20N2OS/c1-11(2)7-3-5-9(12)13-8-4-6-10/h3-8,10H2,1-2H3. The zero-order valence-electron chi connectivity index (χ0n) is 8.58. The molecule has 2 N–H and O–H groups in total. The minimum atomic E-state index is 0.301. The molecule has 0 bridgehead atoms. The molecule has 0 aromatic carbocycles. The summed E-state index contributed by atoms with van der Waals surface area (Å²) in [5.41, 5.74) is 5.32. The SMILES string of the molecule is CN(C)CCCC(=O)SCCCN. The van der Waals surface area contributed by atoms with Crippen molar-refractivity contribution >= 4 is 16.9 Å². The van der Waals surface area contributed by atoms with E-state index in [4.69, 9.17) is 5.73 Å². The van der Waals surface area contributed by atoms with Gasteiger partial charge in [0.15, 0.2) is 5.12 Å². The molecule has 0 rings (SSSR count). The zero-order chi connectivity index (χ0) is 10.1. The normalized spacial score (nSPS) is 10.8. The van der Waals surface area contributed by atoms with Crippen molar-refractivity contribution in [1.29, 1.82) is 0 Å². The summed E-state index contributed by atoms with van der Waals surface area (Å²) in [6.45, 7) is 1.67. The third kappa shape index (κ3) is 9.86. The van der Waals surface area contributed by atoms with Crippen molar-refractivity contribution in [2.24, 2.45) is 5.73 Å². The van der Waals surface area contributed by atoms with Crippen molar-refractivity contribution in [2.45, 2.75) is 19.3 Å². The molecule has 0 saturated carbocycles. The summed E-state index contributed by atoms with van der Waals surface area (Å²) in [6.07, 6.45) is 2.58. The number of rotatable bonds is 7. The van der Waals surface area contributed by atoms with Gasteiger partial charge in [-0.15, -0.1) is 0 Å². The monoisotopic (exact) mass is 204 g/mol. The van der Waals surface area contributed by atoms with E-state index in [2.05, 4.69) is 4.90 Å². The second-order valence-corrected chi connectivity index (χ2v) is 4.42. The predicted octanol–water partition coefficient (Wildman–Crippen LogP) is 0.937. The Morgan fingerprint density at radius 1 is 1.38 bits per heavy atom. The second kappa shape index (κ2) is 8.53. The largest absolute Gasteiger partial charge is 0.330 e. The van der Waals surface area contributed by atoms with E-state index in [1.54, 1.807) is 0 Å². The first-order valence-electron chi connectivity index (χ1n) is 4.67. The molecule has 78 valence electrons. The molecule has 0 amide bonds. The van der Waals surface area contributed by atoms with Crippen LogP contribution < -0.4 is 5.73 Å². The maximum absolute atomic E-state index is 11.2. The van der Waals surface area contributed by atoms with Crippen molar-refractivity contribution in [2.75, 3.05) is 32.9 Å². The summed E-state index contributed by atoms with van der Waals surface area (Å²) in [5.74, 6) is 0.872. The quantitative estimate of drug-likeness (QED) is 0.627. The van der Waals surface area contributed by atoms with E-state index in [-0.39, 0.29) is 0 Å². The number of nitrogens with two attached hydrogens (primary N) is 1. The van der Waals surface area contributed by atoms with Crippen molar-refractivity contribution in [3.63, 3.8) is 0 Å². The fraction of sp³-hybridized carbons (Fsp3) is 0.889. The highest BCUT2D eigenvalue weighted by atomic mass is 32.2. The van der Waals surface area contributed by atoms with Gasteiger partial charge in [-0.1, -0.05) is 11.8 Å². The average Bonchev–Trinajstić information content (AvgIpc) is 2.04. The van der Waals surface area contributed by atoms with Gasteiger partial charge in [0.05, 0.1) is 0 Å². The Morgan fingerprint density at radius 3 is 2.62 bits per heavy atom. The van der Waals surface area contributed by atoms with Crippen molar-refractivity contribution in [3.05, 3.63) is 0 Å². The van der Waals surface area contributed by atoms with Crippen LogP contribution in [0.25, 0.3) is 0 Å². The lowest BCUT2D eigenvalue weighted by Gasteiger charge is -2.07. The maximum atomic E-state index is 11.2. The first kappa shape index (κ1) is 12.9. The summed E-state index contributed by atoms with van der Waals surface area (Å²) in [4.78, 5) is 13.3. The Bertz CT molecular complexity index is 140. The summed E-state index contributed by atoms with van der Waals surface area (Å²) in [5, 5.41) is 0.301. The Hall–Kier alpha value is -0.0600. The molecule has 0 atom stereocenters. The zero-order valence-corrected chi connectivity index (χ0v) is 9.40. The molecular weight excluding hydrogens is 184 g/mol. The number of hydrogen-bond acceptors (Lipinski definition) is 4. The molecule has 0 fully saturated rings. The molecule has 0 radical (unpaired) electrons. The molecule has 0 aromatic heterocycles. The third-order valence-electron chi connectivity index (χ3n) is 1.60. The first-order valence-corrected chi connectivity index (χ1v) is 5.65. The van der Waals surface area contributed by atoms with Crippen molar-refractivity contribution < 1.29 is 4.79 Å². The molecular formula is C9H20N2OS. The average molecular weight is 204 g/mol. The lowest BCUT2D eigenvalue weighted by Crippen LogP contribution is -2.13. The van der Waals surface area contributed by atoms with Crippen LogP contribution in [0, 0.1) is 0 Å². The number of thioether (sulfide) groups is 1. The lowest BCUT2D eigenvalue weighted by molar-refractivity contribution is -0.111. The van der Waals surface area contributed by atoms with E-state index in [1.165, 1.54) is 11.8 Å². The Kier molecular flexibility index (Phi) is 8.49. The van der Waals surface area contributed by atoms with Crippen LogP contribution in [0.3, 0.4) is 0 Å². The molecule has 0 saturated heterocycles. The van der Waals surface area contributed by atoms with Crippen LogP contribution in [-0.2, 0) is 4.79 Å². The van der Waals surface area contributed by atoms with Gasteiger partial charge in [0, 0.05) is 12.2 Å². The molecule has 0 aliphatic rings. The lowest BCUT2D eigenvalue weighted by atomic mass is 10.3. The van der Waals surface area contributed by atoms with Crippen LogP contribution in [0.2, 0.25) is 0 Å². The highest BCUT2D eigenvalue weighted by Crippen LogP contribution is 2.08. The van der Waals surface area contributed by atoms with E-state index in [0.717, 1.165) is 25.1 Å². The van der Waals surface area contributed by atoms with Gasteiger partial charge in [-0.05, 0) is 40.0 Å². The van der Waals surface area contributed by atoms with E-state index >= 15 is 0 Å². The summed E-state index contributed by atoms with van der Waals surface area (Å²) >= 11 is 1.42. The number of carbonyl (C=O) groups excluding carboxylic acids is 1. The van der Waals surface area contributed by atoms with Crippen molar-refractivity contribution in [1.82, 2.24) is 4.90 Å². The fourth-order valence-corrected chi connectivity index (χ4v) is 1.71. The van der Waals surface area contributed by atoms with Crippen LogP contribution >= 0.6 is 11.8 Å². The smallest absolute Gasteiger partial charge is 0.188 e. The van der Waals surface area contributed by atoms with Gasteiger partial charge >= 0.3 is 0 Å². The van der Waals surface area contributed by atoms with Gasteiger partial charge in [0.1, 0.15) is 0 Å². The van der Waals surface area contributed by atoms with Crippen LogP contribution in [0.4, 0.5) is 0 Å². The third-order valence-corrected chi connectivity index (χ3v) is 2.62. The number of hydrogen-bond donors (Lipinski definition) is 1. The fourth-order valence-electron chi connectivity index (χ4n) is 0.881. The van der Waals surface area contributed by atoms with Gasteiger partial charge in [0.2, 0.25) is 0 Å². The molecule has 0 spiro atoms. The van der Waals surface area contributed by atoms with Gasteiger partial charge in [-0.25, -0.2) is 0 Å². The minimum absolute atomic E-state index is 0.301. The Labute approximate surface area is 85.0 Å². The molecule has 0 aliphatic heterocycles. The summed E-state index contributed by atoms with van der Waals surface area (Å²) in [7, 11) is 4.04. The molecule has 13 heavy (non-hydrogen) atoms. The van der Waals surface area contributed by atoms with Crippen LogP contribution in [-0.4, -0.2) is 43.0 Å². The van der Waals surface area contributed by atoms with Gasteiger partial charge in [-0.3, -0.25) is 4.79 Å². The number of carbonyl (C=O) groups is 1. The van der Waals surface area contributed by atoms with E-state index in [0.29, 0.717) is 18.1 Å². The molecule has 0 aliphatic carbocycles. The summed E-state index contributed by atoms with van der Waals surface area (Å²) in [6, 6.07) is 0. The Morgan fingerprint density at radius 2 is 2.08 bits per heavy atom. The van der Waals surface area contributed by atoms with E-state index in [1.807, 2.05) is 14.1 Å². The van der Waals surface area contributed by atoms with E-state index < -0.39 is 0 Å².